The van der Waals surface area contributed by atoms with Crippen molar-refractivity contribution >= 4 is 39.0 Å². The van der Waals surface area contributed by atoms with Crippen LogP contribution in [0.2, 0.25) is 5.28 Å². The summed E-state index contributed by atoms with van der Waals surface area (Å²) in [7, 11) is 2.09. The molecule has 0 saturated carbocycles. The predicted octanol–water partition coefficient (Wildman–Crippen LogP) is 6.13. The molecule has 4 rings (SSSR count). The summed E-state index contributed by atoms with van der Waals surface area (Å²) < 4.78 is 0. The molecule has 0 bridgehead atoms. The second-order valence-electron chi connectivity index (χ2n) is 8.65. The highest BCUT2D eigenvalue weighted by atomic mass is 35.5. The maximum Gasteiger partial charge on any atom is 0.225 e. The summed E-state index contributed by atoms with van der Waals surface area (Å²) in [6.45, 7) is 7.86. The topological polar surface area (TPSA) is 29.0 Å². The van der Waals surface area contributed by atoms with Crippen LogP contribution in [-0.4, -0.2) is 17.0 Å². The molecule has 142 valence electrons. The molecule has 0 N–H and O–H groups in total. The van der Waals surface area contributed by atoms with E-state index in [9.17, 15) is 0 Å². The molecule has 0 spiro atoms. The zero-order chi connectivity index (χ0) is 19.2. The van der Waals surface area contributed by atoms with Crippen molar-refractivity contribution in [1.82, 2.24) is 9.97 Å². The van der Waals surface area contributed by atoms with Crippen LogP contribution in [-0.2, 0) is 19.4 Å². The summed E-state index contributed by atoms with van der Waals surface area (Å²) in [6.07, 6.45) is 3.47. The smallest absolute Gasteiger partial charge is 0.225 e. The van der Waals surface area contributed by atoms with Gasteiger partial charge in [0.1, 0.15) is 10.6 Å². The van der Waals surface area contributed by atoms with Crippen LogP contribution in [0.4, 0.5) is 5.82 Å². The Kier molecular flexibility index (Phi) is 4.89. The molecule has 1 unspecified atom stereocenters. The predicted molar refractivity (Wildman–Crippen MR) is 116 cm³/mol. The number of aromatic nitrogens is 2. The Labute approximate surface area is 170 Å². The molecule has 5 heteroatoms. The average Bonchev–Trinajstić information content (AvgIpc) is 2.98. The van der Waals surface area contributed by atoms with Gasteiger partial charge >= 0.3 is 0 Å². The van der Waals surface area contributed by atoms with E-state index < -0.39 is 0 Å². The van der Waals surface area contributed by atoms with Gasteiger partial charge in [0.2, 0.25) is 5.28 Å². The summed E-state index contributed by atoms with van der Waals surface area (Å²) in [4.78, 5) is 13.9. The monoisotopic (exact) mass is 399 g/mol. The highest BCUT2D eigenvalue weighted by molar-refractivity contribution is 7.19. The Morgan fingerprint density at radius 2 is 1.93 bits per heavy atom. The molecule has 0 fully saturated rings. The SMILES string of the molecule is CN(Cc1ccccc1)c1nc(Cl)nc2sc3c(c12)CCC(C(C)(C)C)C3. The molecule has 0 saturated heterocycles. The Morgan fingerprint density at radius 3 is 2.63 bits per heavy atom. The van der Waals surface area contributed by atoms with Gasteiger partial charge in [-0.05, 0) is 53.3 Å². The third-order valence-electron chi connectivity index (χ3n) is 5.71. The number of hydrogen-bond acceptors (Lipinski definition) is 4. The first-order chi connectivity index (χ1) is 12.8. The number of aryl methyl sites for hydroxylation is 1. The number of benzene rings is 1. The fourth-order valence-electron chi connectivity index (χ4n) is 4.08. The molecule has 1 atom stereocenters. The van der Waals surface area contributed by atoms with Gasteiger partial charge in [-0.2, -0.15) is 4.98 Å². The van der Waals surface area contributed by atoms with Crippen LogP contribution in [0.25, 0.3) is 10.2 Å². The highest BCUT2D eigenvalue weighted by Crippen LogP contribution is 2.45. The lowest BCUT2D eigenvalue weighted by molar-refractivity contribution is 0.218. The van der Waals surface area contributed by atoms with Crippen LogP contribution >= 0.6 is 22.9 Å². The van der Waals surface area contributed by atoms with Crippen molar-refractivity contribution in [1.29, 1.82) is 0 Å². The van der Waals surface area contributed by atoms with Crippen LogP contribution in [0.3, 0.4) is 0 Å². The van der Waals surface area contributed by atoms with Gasteiger partial charge in [-0.25, -0.2) is 4.98 Å². The van der Waals surface area contributed by atoms with Crippen molar-refractivity contribution in [3.8, 4) is 0 Å². The van der Waals surface area contributed by atoms with Crippen LogP contribution in [0.15, 0.2) is 30.3 Å². The summed E-state index contributed by atoms with van der Waals surface area (Å²) in [6, 6.07) is 10.5. The van der Waals surface area contributed by atoms with E-state index >= 15 is 0 Å². The summed E-state index contributed by atoms with van der Waals surface area (Å²) in [5.41, 5.74) is 3.05. The van der Waals surface area contributed by atoms with Gasteiger partial charge in [0.15, 0.2) is 0 Å². The summed E-state index contributed by atoms with van der Waals surface area (Å²) in [5, 5.41) is 1.55. The lowest BCUT2D eigenvalue weighted by Crippen LogP contribution is -2.26. The molecule has 3 nitrogen and oxygen atoms in total. The molecule has 27 heavy (non-hydrogen) atoms. The van der Waals surface area contributed by atoms with Crippen molar-refractivity contribution in [2.45, 2.75) is 46.6 Å². The van der Waals surface area contributed by atoms with Crippen molar-refractivity contribution in [3.63, 3.8) is 0 Å². The fourth-order valence-corrected chi connectivity index (χ4v) is 5.59. The van der Waals surface area contributed by atoms with E-state index in [2.05, 4.69) is 67.0 Å². The van der Waals surface area contributed by atoms with Crippen LogP contribution in [0.5, 0.6) is 0 Å². The van der Waals surface area contributed by atoms with E-state index in [4.69, 9.17) is 11.6 Å². The highest BCUT2D eigenvalue weighted by Gasteiger charge is 2.32. The number of fused-ring (bicyclic) bond motifs is 3. The number of thiophene rings is 1. The summed E-state index contributed by atoms with van der Waals surface area (Å²) >= 11 is 8.10. The van der Waals surface area contributed by atoms with Crippen molar-refractivity contribution in [2.24, 2.45) is 11.3 Å². The normalized spacial score (nSPS) is 17.1. The standard InChI is InChI=1S/C22H26ClN3S/c1-22(2,3)15-10-11-16-17(12-15)27-20-18(16)19(24-21(23)25-20)26(4)13-14-8-6-5-7-9-14/h5-9,15H,10-13H2,1-4H3. The van der Waals surface area contributed by atoms with E-state index in [1.165, 1.54) is 27.8 Å². The maximum absolute atomic E-state index is 6.29. The third kappa shape index (κ3) is 3.70. The molecule has 3 aromatic rings. The van der Waals surface area contributed by atoms with E-state index in [0.717, 1.165) is 30.0 Å². The summed E-state index contributed by atoms with van der Waals surface area (Å²) in [5.74, 6) is 1.67. The van der Waals surface area contributed by atoms with Gasteiger partial charge in [0, 0.05) is 18.5 Å². The molecular weight excluding hydrogens is 374 g/mol. The quantitative estimate of drug-likeness (QED) is 0.496. The molecule has 2 aromatic heterocycles. The van der Waals surface area contributed by atoms with Gasteiger partial charge in [0.05, 0.1) is 5.39 Å². The van der Waals surface area contributed by atoms with Crippen LogP contribution in [0.1, 0.15) is 43.2 Å². The van der Waals surface area contributed by atoms with Gasteiger partial charge in [-0.3, -0.25) is 0 Å². The lowest BCUT2D eigenvalue weighted by atomic mass is 9.72. The number of halogens is 1. The number of rotatable bonds is 3. The maximum atomic E-state index is 6.29. The van der Waals surface area contributed by atoms with Gasteiger partial charge in [-0.1, -0.05) is 51.1 Å². The lowest BCUT2D eigenvalue weighted by Gasteiger charge is -2.34. The fraction of sp³-hybridized carbons (Fsp3) is 0.455. The van der Waals surface area contributed by atoms with Crippen LogP contribution in [0, 0.1) is 11.3 Å². The molecule has 1 aliphatic rings. The Bertz CT molecular complexity index is 959. The van der Waals surface area contributed by atoms with E-state index in [1.807, 2.05) is 17.4 Å². The minimum Gasteiger partial charge on any atom is -0.355 e. The molecule has 1 aliphatic carbocycles. The average molecular weight is 400 g/mol. The second kappa shape index (κ2) is 7.06. The second-order valence-corrected chi connectivity index (χ2v) is 10.1. The number of hydrogen-bond donors (Lipinski definition) is 0. The minimum atomic E-state index is 0.336. The van der Waals surface area contributed by atoms with Crippen molar-refractivity contribution in [3.05, 3.63) is 51.6 Å². The Balaban J connectivity index is 1.75. The van der Waals surface area contributed by atoms with Gasteiger partial charge in [-0.15, -0.1) is 11.3 Å². The largest absolute Gasteiger partial charge is 0.355 e. The van der Waals surface area contributed by atoms with Gasteiger partial charge in [0.25, 0.3) is 0 Å². The first-order valence-electron chi connectivity index (χ1n) is 9.56. The van der Waals surface area contributed by atoms with Gasteiger partial charge < -0.3 is 4.90 Å². The Morgan fingerprint density at radius 1 is 1.19 bits per heavy atom. The van der Waals surface area contributed by atoms with E-state index in [1.54, 1.807) is 0 Å². The number of anilines is 1. The van der Waals surface area contributed by atoms with E-state index in [0.29, 0.717) is 16.6 Å². The molecule has 0 radical (unpaired) electrons. The zero-order valence-corrected chi connectivity index (χ0v) is 18.0. The molecule has 2 heterocycles. The van der Waals surface area contributed by atoms with E-state index in [-0.39, 0.29) is 0 Å². The first kappa shape index (κ1) is 18.7. The van der Waals surface area contributed by atoms with Crippen molar-refractivity contribution < 1.29 is 0 Å². The minimum absolute atomic E-state index is 0.336. The Hall–Kier alpha value is -1.65. The number of nitrogens with zero attached hydrogens (tertiary/aromatic N) is 3. The molecular formula is C22H26ClN3S. The zero-order valence-electron chi connectivity index (χ0n) is 16.4. The molecule has 1 aromatic carbocycles. The van der Waals surface area contributed by atoms with Crippen molar-refractivity contribution in [2.75, 3.05) is 11.9 Å². The first-order valence-corrected chi connectivity index (χ1v) is 10.7. The van der Waals surface area contributed by atoms with Crippen LogP contribution < -0.4 is 4.90 Å². The third-order valence-corrected chi connectivity index (χ3v) is 7.03. The molecule has 0 amide bonds. The molecule has 0 aliphatic heterocycles.